The number of benzene rings is 2. The van der Waals surface area contributed by atoms with Gasteiger partial charge < -0.3 is 0 Å². The summed E-state index contributed by atoms with van der Waals surface area (Å²) in [5.41, 5.74) is 1.74. The molecule has 0 aromatic heterocycles. The van der Waals surface area contributed by atoms with Crippen molar-refractivity contribution >= 4 is 0 Å². The Bertz CT molecular complexity index is 582. The minimum Gasteiger partial charge on any atom is -0.0785 e. The Morgan fingerprint density at radius 2 is 1.00 bits per heavy atom. The summed E-state index contributed by atoms with van der Waals surface area (Å²) in [5.74, 6) is 12.8. The summed E-state index contributed by atoms with van der Waals surface area (Å²) < 4.78 is 0. The molecule has 0 aliphatic rings. The zero-order valence-corrected chi connectivity index (χ0v) is 11.3. The number of hydrogen-bond acceptors (Lipinski definition) is 0. The van der Waals surface area contributed by atoms with Crippen molar-refractivity contribution in [3.05, 3.63) is 71.8 Å². The molecule has 0 heterocycles. The third-order valence-corrected chi connectivity index (χ3v) is 2.59. The fraction of sp³-hybridized carbons (Fsp3) is 0.158. The average Bonchev–Trinajstić information content (AvgIpc) is 2.46. The first-order valence-corrected chi connectivity index (χ1v) is 6.32. The quantitative estimate of drug-likeness (QED) is 0.612. The molecule has 0 nitrogen and oxygen atoms in total. The van der Waals surface area contributed by atoms with E-state index in [1.165, 1.54) is 0 Å². The van der Waals surface area contributed by atoms with E-state index in [0.29, 0.717) is 0 Å². The van der Waals surface area contributed by atoms with Gasteiger partial charge in [0.2, 0.25) is 0 Å². The lowest BCUT2D eigenvalue weighted by Crippen LogP contribution is -2.03. The highest BCUT2D eigenvalue weighted by Crippen LogP contribution is 2.12. The zero-order chi connectivity index (χ0) is 13.6. The first-order valence-electron chi connectivity index (χ1n) is 6.32. The maximum absolute atomic E-state index is 3.22. The monoisotopic (exact) mass is 244 g/mol. The molecule has 0 spiro atoms. The lowest BCUT2D eigenvalue weighted by atomic mass is 9.94. The second kappa shape index (κ2) is 5.94. The molecule has 0 unspecified atom stereocenters. The largest absolute Gasteiger partial charge is 0.0870 e. The number of hydrogen-bond donors (Lipinski definition) is 0. The molecule has 92 valence electrons. The van der Waals surface area contributed by atoms with E-state index in [1.54, 1.807) is 0 Å². The fourth-order valence-electron chi connectivity index (χ4n) is 1.53. The van der Waals surface area contributed by atoms with E-state index in [9.17, 15) is 0 Å². The van der Waals surface area contributed by atoms with Gasteiger partial charge in [-0.25, -0.2) is 0 Å². The molecule has 0 bridgehead atoms. The van der Waals surface area contributed by atoms with E-state index in [4.69, 9.17) is 0 Å². The minimum absolute atomic E-state index is 0.314. The Hall–Kier alpha value is -2.44. The van der Waals surface area contributed by atoms with Gasteiger partial charge >= 0.3 is 0 Å². The molecule has 0 aliphatic carbocycles. The van der Waals surface area contributed by atoms with Gasteiger partial charge in [-0.3, -0.25) is 0 Å². The van der Waals surface area contributed by atoms with Crippen molar-refractivity contribution in [2.75, 3.05) is 0 Å². The van der Waals surface area contributed by atoms with Crippen molar-refractivity contribution in [2.24, 2.45) is 5.41 Å². The van der Waals surface area contributed by atoms with Gasteiger partial charge in [-0.1, -0.05) is 60.1 Å². The van der Waals surface area contributed by atoms with Crippen LogP contribution in [0.2, 0.25) is 0 Å². The Labute approximate surface area is 115 Å². The van der Waals surface area contributed by atoms with Gasteiger partial charge in [0.25, 0.3) is 0 Å². The van der Waals surface area contributed by atoms with Crippen LogP contribution in [0.4, 0.5) is 0 Å². The zero-order valence-electron chi connectivity index (χ0n) is 11.3. The van der Waals surface area contributed by atoms with Crippen molar-refractivity contribution in [3.8, 4) is 23.7 Å². The summed E-state index contributed by atoms with van der Waals surface area (Å²) in [6, 6.07) is 20.0. The van der Waals surface area contributed by atoms with Crippen molar-refractivity contribution in [2.45, 2.75) is 13.8 Å². The van der Waals surface area contributed by atoms with E-state index < -0.39 is 0 Å². The maximum Gasteiger partial charge on any atom is 0.0870 e. The second-order valence-electron chi connectivity index (χ2n) is 4.86. The van der Waals surface area contributed by atoms with Gasteiger partial charge in [-0.05, 0) is 38.1 Å². The van der Waals surface area contributed by atoms with Crippen LogP contribution < -0.4 is 0 Å². The predicted molar refractivity (Wildman–Crippen MR) is 80.4 cm³/mol. The van der Waals surface area contributed by atoms with Crippen LogP contribution in [0.1, 0.15) is 25.0 Å². The van der Waals surface area contributed by atoms with E-state index in [2.05, 4.69) is 23.7 Å². The highest BCUT2D eigenvalue weighted by molar-refractivity contribution is 5.40. The summed E-state index contributed by atoms with van der Waals surface area (Å²) in [6.45, 7) is 4.08. The normalized spacial score (nSPS) is 9.79. The minimum atomic E-state index is -0.314. The van der Waals surface area contributed by atoms with Crippen LogP contribution in [0, 0.1) is 29.1 Å². The predicted octanol–water partition coefficient (Wildman–Crippen LogP) is 4.12. The number of rotatable bonds is 0. The van der Waals surface area contributed by atoms with Crippen molar-refractivity contribution in [3.63, 3.8) is 0 Å². The summed E-state index contributed by atoms with van der Waals surface area (Å²) in [5, 5.41) is 0. The summed E-state index contributed by atoms with van der Waals surface area (Å²) in [7, 11) is 0. The van der Waals surface area contributed by atoms with Crippen LogP contribution in [0.5, 0.6) is 0 Å². The Morgan fingerprint density at radius 1 is 0.632 bits per heavy atom. The Kier molecular flexibility index (Phi) is 4.07. The van der Waals surface area contributed by atoms with Crippen LogP contribution in [-0.4, -0.2) is 0 Å². The van der Waals surface area contributed by atoms with Crippen molar-refractivity contribution < 1.29 is 0 Å². The third kappa shape index (κ3) is 4.38. The van der Waals surface area contributed by atoms with Crippen molar-refractivity contribution in [1.82, 2.24) is 0 Å². The first-order chi connectivity index (χ1) is 9.16. The smallest absolute Gasteiger partial charge is 0.0785 e. The van der Waals surface area contributed by atoms with Gasteiger partial charge in [0.1, 0.15) is 0 Å². The molecule has 0 saturated carbocycles. The molecule has 19 heavy (non-hydrogen) atoms. The molecule has 0 fully saturated rings. The molecule has 0 N–H and O–H groups in total. The molecule has 2 rings (SSSR count). The molecule has 0 radical (unpaired) electrons. The first kappa shape index (κ1) is 13.0. The summed E-state index contributed by atoms with van der Waals surface area (Å²) >= 11 is 0. The molecule has 0 saturated heterocycles. The van der Waals surface area contributed by atoms with E-state index in [1.807, 2.05) is 74.5 Å². The van der Waals surface area contributed by atoms with E-state index in [0.717, 1.165) is 11.1 Å². The Balaban J connectivity index is 2.16. The highest BCUT2D eigenvalue weighted by atomic mass is 14.1. The van der Waals surface area contributed by atoms with Crippen LogP contribution in [0.25, 0.3) is 0 Å². The van der Waals surface area contributed by atoms with Crippen molar-refractivity contribution in [1.29, 1.82) is 0 Å². The highest BCUT2D eigenvalue weighted by Gasteiger charge is 2.08. The van der Waals surface area contributed by atoms with Crippen LogP contribution in [0.3, 0.4) is 0 Å². The van der Waals surface area contributed by atoms with Gasteiger partial charge in [0.05, 0.1) is 5.41 Å². The standard InChI is InChI=1S/C19H16/c1-19(2,15-13-17-9-5-3-6-10-17)16-14-18-11-7-4-8-12-18/h3-12H,1-2H3. The summed E-state index contributed by atoms with van der Waals surface area (Å²) in [4.78, 5) is 0. The fourth-order valence-corrected chi connectivity index (χ4v) is 1.53. The van der Waals surface area contributed by atoms with Gasteiger partial charge in [-0.2, -0.15) is 0 Å². The van der Waals surface area contributed by atoms with Gasteiger partial charge in [-0.15, -0.1) is 0 Å². The molecule has 2 aromatic rings. The van der Waals surface area contributed by atoms with Crippen LogP contribution in [-0.2, 0) is 0 Å². The van der Waals surface area contributed by atoms with Crippen LogP contribution >= 0.6 is 0 Å². The SMILES string of the molecule is CC(C)(C#Cc1ccccc1)C#Cc1ccccc1. The van der Waals surface area contributed by atoms with Gasteiger partial charge in [0, 0.05) is 11.1 Å². The van der Waals surface area contributed by atoms with Crippen LogP contribution in [0.15, 0.2) is 60.7 Å². The van der Waals surface area contributed by atoms with E-state index >= 15 is 0 Å². The molecule has 0 heteroatoms. The molecule has 0 atom stereocenters. The third-order valence-electron chi connectivity index (χ3n) is 2.59. The molecule has 2 aromatic carbocycles. The molecular weight excluding hydrogens is 228 g/mol. The maximum atomic E-state index is 3.22. The molecular formula is C19H16. The lowest BCUT2D eigenvalue weighted by Gasteiger charge is -2.07. The summed E-state index contributed by atoms with van der Waals surface area (Å²) in [6.07, 6.45) is 0. The van der Waals surface area contributed by atoms with Gasteiger partial charge in [0.15, 0.2) is 0 Å². The average molecular weight is 244 g/mol. The molecule has 0 aliphatic heterocycles. The molecule has 0 amide bonds. The second-order valence-corrected chi connectivity index (χ2v) is 4.86. The Morgan fingerprint density at radius 3 is 1.37 bits per heavy atom. The topological polar surface area (TPSA) is 0 Å². The van der Waals surface area contributed by atoms with E-state index in [-0.39, 0.29) is 5.41 Å². The lowest BCUT2D eigenvalue weighted by molar-refractivity contribution is 0.686.